The van der Waals surface area contributed by atoms with E-state index in [-0.39, 0.29) is 12.0 Å². The molecule has 7 heteroatoms. The largest absolute Gasteiger partial charge is 0.376 e. The molecule has 1 aromatic carbocycles. The smallest absolute Gasteiger partial charge is 0.270 e. The standard InChI is InChI=1S/C21H29N5O2/c1-26(2)12-7-11-22-21(27)18-14-19(23-15-17-10-6-13-28-17)25-20(24-18)16-8-4-3-5-9-16/h3-5,8-9,14,17H,6-7,10-13,15H2,1-2H3,(H,22,27)(H,23,24,25). The van der Waals surface area contributed by atoms with Crippen molar-refractivity contribution in [2.75, 3.05) is 45.7 Å². The summed E-state index contributed by atoms with van der Waals surface area (Å²) in [6.07, 6.45) is 3.22. The van der Waals surface area contributed by atoms with E-state index >= 15 is 0 Å². The molecule has 1 saturated heterocycles. The summed E-state index contributed by atoms with van der Waals surface area (Å²) in [5.74, 6) is 0.998. The van der Waals surface area contributed by atoms with Gasteiger partial charge in [0, 0.05) is 31.3 Å². The molecule has 0 saturated carbocycles. The lowest BCUT2D eigenvalue weighted by atomic mass is 10.2. The lowest BCUT2D eigenvalue weighted by molar-refractivity contribution is 0.0947. The average molecular weight is 383 g/mol. The number of rotatable bonds is 9. The SMILES string of the molecule is CN(C)CCCNC(=O)c1cc(NCC2CCCO2)nc(-c2ccccc2)n1. The number of hydrogen-bond acceptors (Lipinski definition) is 6. The van der Waals surface area contributed by atoms with Gasteiger partial charge >= 0.3 is 0 Å². The van der Waals surface area contributed by atoms with Crippen molar-refractivity contribution in [2.45, 2.75) is 25.4 Å². The maximum Gasteiger partial charge on any atom is 0.270 e. The number of aromatic nitrogens is 2. The van der Waals surface area contributed by atoms with Crippen molar-refractivity contribution in [3.05, 3.63) is 42.1 Å². The van der Waals surface area contributed by atoms with Crippen LogP contribution in [0.15, 0.2) is 36.4 Å². The lowest BCUT2D eigenvalue weighted by Crippen LogP contribution is -2.28. The third-order valence-corrected chi connectivity index (χ3v) is 4.59. The number of amides is 1. The van der Waals surface area contributed by atoms with Crippen LogP contribution in [0.5, 0.6) is 0 Å². The van der Waals surface area contributed by atoms with Crippen LogP contribution in [0.1, 0.15) is 29.8 Å². The molecule has 1 fully saturated rings. The maximum atomic E-state index is 12.6. The first-order chi connectivity index (χ1) is 13.6. The second-order valence-corrected chi connectivity index (χ2v) is 7.26. The summed E-state index contributed by atoms with van der Waals surface area (Å²) in [7, 11) is 4.04. The van der Waals surface area contributed by atoms with Crippen molar-refractivity contribution in [3.63, 3.8) is 0 Å². The molecule has 1 atom stereocenters. The van der Waals surface area contributed by atoms with Gasteiger partial charge in [-0.2, -0.15) is 0 Å². The van der Waals surface area contributed by atoms with E-state index < -0.39 is 0 Å². The van der Waals surface area contributed by atoms with Gasteiger partial charge in [-0.15, -0.1) is 0 Å². The summed E-state index contributed by atoms with van der Waals surface area (Å²) in [5, 5.41) is 6.26. The Hall–Kier alpha value is -2.51. The van der Waals surface area contributed by atoms with Crippen molar-refractivity contribution < 1.29 is 9.53 Å². The molecule has 150 valence electrons. The summed E-state index contributed by atoms with van der Waals surface area (Å²) in [6.45, 7) is 3.02. The van der Waals surface area contributed by atoms with Gasteiger partial charge in [0.05, 0.1) is 6.10 Å². The molecule has 1 aliphatic heterocycles. The van der Waals surface area contributed by atoms with Crippen LogP contribution in [0, 0.1) is 0 Å². The number of benzene rings is 1. The second-order valence-electron chi connectivity index (χ2n) is 7.26. The lowest BCUT2D eigenvalue weighted by Gasteiger charge is -2.14. The Bertz CT molecular complexity index is 761. The number of nitrogens with zero attached hydrogens (tertiary/aromatic N) is 3. The van der Waals surface area contributed by atoms with Crippen LogP contribution in [0.4, 0.5) is 5.82 Å². The fourth-order valence-electron chi connectivity index (χ4n) is 3.08. The molecule has 1 amide bonds. The van der Waals surface area contributed by atoms with Gasteiger partial charge < -0.3 is 20.3 Å². The van der Waals surface area contributed by atoms with Gasteiger partial charge in [-0.05, 0) is 39.9 Å². The summed E-state index contributed by atoms with van der Waals surface area (Å²) >= 11 is 0. The van der Waals surface area contributed by atoms with Crippen molar-refractivity contribution >= 4 is 11.7 Å². The van der Waals surface area contributed by atoms with Crippen LogP contribution in [-0.4, -0.2) is 67.2 Å². The first-order valence-electron chi connectivity index (χ1n) is 9.85. The normalized spacial score (nSPS) is 16.3. The van der Waals surface area contributed by atoms with Crippen molar-refractivity contribution in [3.8, 4) is 11.4 Å². The van der Waals surface area contributed by atoms with Crippen LogP contribution in [0.25, 0.3) is 11.4 Å². The Morgan fingerprint density at radius 3 is 2.79 bits per heavy atom. The van der Waals surface area contributed by atoms with Crippen molar-refractivity contribution in [2.24, 2.45) is 0 Å². The first kappa shape index (κ1) is 20.2. The van der Waals surface area contributed by atoms with E-state index in [4.69, 9.17) is 4.74 Å². The minimum Gasteiger partial charge on any atom is -0.376 e. The highest BCUT2D eigenvalue weighted by molar-refractivity contribution is 5.93. The number of ether oxygens (including phenoxy) is 1. The second kappa shape index (κ2) is 10.1. The van der Waals surface area contributed by atoms with Crippen molar-refractivity contribution in [1.82, 2.24) is 20.2 Å². The van der Waals surface area contributed by atoms with E-state index in [2.05, 4.69) is 25.5 Å². The zero-order valence-electron chi connectivity index (χ0n) is 16.6. The predicted molar refractivity (Wildman–Crippen MR) is 110 cm³/mol. The first-order valence-corrected chi connectivity index (χ1v) is 9.85. The van der Waals surface area contributed by atoms with Crippen LogP contribution in [-0.2, 0) is 4.74 Å². The molecule has 2 heterocycles. The summed E-state index contributed by atoms with van der Waals surface area (Å²) < 4.78 is 5.66. The fraction of sp³-hybridized carbons (Fsp3) is 0.476. The summed E-state index contributed by atoms with van der Waals surface area (Å²) in [4.78, 5) is 23.8. The summed E-state index contributed by atoms with van der Waals surface area (Å²) in [6, 6.07) is 11.4. The predicted octanol–water partition coefficient (Wildman–Crippen LogP) is 2.42. The molecular weight excluding hydrogens is 354 g/mol. The van der Waals surface area contributed by atoms with Gasteiger partial charge in [0.2, 0.25) is 0 Å². The molecule has 0 bridgehead atoms. The van der Waals surface area contributed by atoms with Gasteiger partial charge in [0.1, 0.15) is 11.5 Å². The van der Waals surface area contributed by atoms with Gasteiger partial charge in [-0.3, -0.25) is 4.79 Å². The zero-order chi connectivity index (χ0) is 19.8. The monoisotopic (exact) mass is 383 g/mol. The minimum atomic E-state index is -0.182. The molecule has 1 unspecified atom stereocenters. The molecule has 0 aliphatic carbocycles. The van der Waals surface area contributed by atoms with E-state index in [1.807, 2.05) is 44.4 Å². The van der Waals surface area contributed by atoms with Gasteiger partial charge in [0.25, 0.3) is 5.91 Å². The van der Waals surface area contributed by atoms with E-state index in [1.165, 1.54) is 0 Å². The number of carbonyl (C=O) groups is 1. The molecule has 7 nitrogen and oxygen atoms in total. The molecule has 1 aromatic heterocycles. The molecule has 1 aliphatic rings. The van der Waals surface area contributed by atoms with Crippen molar-refractivity contribution in [1.29, 1.82) is 0 Å². The molecule has 2 N–H and O–H groups in total. The quantitative estimate of drug-likeness (QED) is 0.648. The maximum absolute atomic E-state index is 12.6. The van der Waals surface area contributed by atoms with Crippen LogP contribution in [0.2, 0.25) is 0 Å². The molecule has 0 radical (unpaired) electrons. The zero-order valence-corrected chi connectivity index (χ0v) is 16.6. The topological polar surface area (TPSA) is 79.4 Å². The van der Waals surface area contributed by atoms with E-state index in [1.54, 1.807) is 6.07 Å². The number of anilines is 1. The Kier molecular flexibility index (Phi) is 7.33. The highest BCUT2D eigenvalue weighted by atomic mass is 16.5. The van der Waals surface area contributed by atoms with E-state index in [0.717, 1.165) is 38.0 Å². The van der Waals surface area contributed by atoms with Crippen LogP contribution < -0.4 is 10.6 Å². The molecule has 0 spiro atoms. The fourth-order valence-corrected chi connectivity index (χ4v) is 3.08. The minimum absolute atomic E-state index is 0.182. The Morgan fingerprint density at radius 1 is 1.25 bits per heavy atom. The molecule has 28 heavy (non-hydrogen) atoms. The Labute approximate surface area is 166 Å². The third kappa shape index (κ3) is 6.00. The van der Waals surface area contributed by atoms with Crippen LogP contribution in [0.3, 0.4) is 0 Å². The molecule has 3 rings (SSSR count). The average Bonchev–Trinajstić information content (AvgIpc) is 3.23. The number of carbonyl (C=O) groups excluding carboxylic acids is 1. The van der Waals surface area contributed by atoms with Gasteiger partial charge in [-0.1, -0.05) is 30.3 Å². The van der Waals surface area contributed by atoms with Gasteiger partial charge in [0.15, 0.2) is 5.82 Å². The Morgan fingerprint density at radius 2 is 2.07 bits per heavy atom. The summed E-state index contributed by atoms with van der Waals surface area (Å²) in [5.41, 5.74) is 1.25. The number of nitrogens with one attached hydrogen (secondary N) is 2. The van der Waals surface area contributed by atoms with Crippen LogP contribution >= 0.6 is 0 Å². The van der Waals surface area contributed by atoms with E-state index in [9.17, 15) is 4.79 Å². The number of hydrogen-bond donors (Lipinski definition) is 2. The Balaban J connectivity index is 1.73. The highest BCUT2D eigenvalue weighted by Gasteiger charge is 2.17. The van der Waals surface area contributed by atoms with Gasteiger partial charge in [-0.25, -0.2) is 9.97 Å². The highest BCUT2D eigenvalue weighted by Crippen LogP contribution is 2.19. The molecular formula is C21H29N5O2. The third-order valence-electron chi connectivity index (χ3n) is 4.59. The van der Waals surface area contributed by atoms with E-state index in [0.29, 0.717) is 30.4 Å². The molecule has 2 aromatic rings.